The predicted octanol–water partition coefficient (Wildman–Crippen LogP) is 2.71. The average molecular weight is 250 g/mol. The molecule has 1 unspecified atom stereocenters. The SMILES string of the molecule is Cc1cc(F)ccc1CN(C)C1CCCNCC1. The molecule has 1 aliphatic heterocycles. The van der Waals surface area contributed by atoms with Crippen LogP contribution in [0.25, 0.3) is 0 Å². The highest BCUT2D eigenvalue weighted by Gasteiger charge is 2.17. The van der Waals surface area contributed by atoms with E-state index in [0.717, 1.165) is 25.2 Å². The van der Waals surface area contributed by atoms with Crippen molar-refractivity contribution in [2.45, 2.75) is 38.8 Å². The third-order valence-corrected chi connectivity index (χ3v) is 3.89. The molecule has 0 spiro atoms. The summed E-state index contributed by atoms with van der Waals surface area (Å²) in [6.07, 6.45) is 3.71. The Morgan fingerprint density at radius 1 is 1.33 bits per heavy atom. The maximum atomic E-state index is 13.1. The van der Waals surface area contributed by atoms with Crippen LogP contribution in [0.5, 0.6) is 0 Å². The van der Waals surface area contributed by atoms with Crippen LogP contribution in [-0.4, -0.2) is 31.1 Å². The van der Waals surface area contributed by atoms with Gasteiger partial charge in [-0.15, -0.1) is 0 Å². The molecule has 1 aromatic rings. The molecule has 2 rings (SSSR count). The van der Waals surface area contributed by atoms with E-state index >= 15 is 0 Å². The molecule has 1 fully saturated rings. The first-order valence-corrected chi connectivity index (χ1v) is 6.83. The molecule has 0 aromatic heterocycles. The topological polar surface area (TPSA) is 15.3 Å². The predicted molar refractivity (Wildman–Crippen MR) is 73.1 cm³/mol. The fourth-order valence-corrected chi connectivity index (χ4v) is 2.68. The van der Waals surface area contributed by atoms with Gasteiger partial charge in [0.25, 0.3) is 0 Å². The molecular formula is C15H23FN2. The Kier molecular flexibility index (Phi) is 4.72. The number of hydrogen-bond acceptors (Lipinski definition) is 2. The van der Waals surface area contributed by atoms with Gasteiger partial charge in [-0.05, 0) is 69.6 Å². The van der Waals surface area contributed by atoms with E-state index in [0.29, 0.717) is 6.04 Å². The quantitative estimate of drug-likeness (QED) is 0.887. The zero-order chi connectivity index (χ0) is 13.0. The maximum absolute atomic E-state index is 13.1. The monoisotopic (exact) mass is 250 g/mol. The zero-order valence-electron chi connectivity index (χ0n) is 11.4. The lowest BCUT2D eigenvalue weighted by Gasteiger charge is -2.27. The van der Waals surface area contributed by atoms with E-state index in [1.165, 1.54) is 24.8 Å². The lowest BCUT2D eigenvalue weighted by Crippen LogP contribution is -2.32. The summed E-state index contributed by atoms with van der Waals surface area (Å²) in [6, 6.07) is 5.74. The number of benzene rings is 1. The molecule has 0 bridgehead atoms. The van der Waals surface area contributed by atoms with Crippen molar-refractivity contribution in [3.8, 4) is 0 Å². The van der Waals surface area contributed by atoms with Crippen LogP contribution in [-0.2, 0) is 6.54 Å². The van der Waals surface area contributed by atoms with Gasteiger partial charge < -0.3 is 5.32 Å². The first-order valence-electron chi connectivity index (χ1n) is 6.83. The van der Waals surface area contributed by atoms with Crippen LogP contribution in [0.2, 0.25) is 0 Å². The van der Waals surface area contributed by atoms with Crippen molar-refractivity contribution in [3.05, 3.63) is 35.1 Å². The van der Waals surface area contributed by atoms with Gasteiger partial charge in [-0.1, -0.05) is 6.07 Å². The largest absolute Gasteiger partial charge is 0.317 e. The molecule has 3 heteroatoms. The summed E-state index contributed by atoms with van der Waals surface area (Å²) in [5.41, 5.74) is 2.28. The second-order valence-electron chi connectivity index (χ2n) is 5.32. The van der Waals surface area contributed by atoms with E-state index in [1.807, 2.05) is 13.0 Å². The molecule has 1 heterocycles. The van der Waals surface area contributed by atoms with Crippen molar-refractivity contribution in [1.82, 2.24) is 10.2 Å². The fourth-order valence-electron chi connectivity index (χ4n) is 2.68. The van der Waals surface area contributed by atoms with Crippen molar-refractivity contribution in [3.63, 3.8) is 0 Å². The molecule has 2 nitrogen and oxygen atoms in total. The second-order valence-corrected chi connectivity index (χ2v) is 5.32. The van der Waals surface area contributed by atoms with E-state index in [1.54, 1.807) is 12.1 Å². The van der Waals surface area contributed by atoms with Crippen LogP contribution in [0.4, 0.5) is 4.39 Å². The van der Waals surface area contributed by atoms with Gasteiger partial charge in [-0.3, -0.25) is 4.90 Å². The summed E-state index contributed by atoms with van der Waals surface area (Å²) < 4.78 is 13.1. The van der Waals surface area contributed by atoms with Gasteiger partial charge in [0.15, 0.2) is 0 Å². The minimum Gasteiger partial charge on any atom is -0.317 e. The third-order valence-electron chi connectivity index (χ3n) is 3.89. The van der Waals surface area contributed by atoms with Crippen LogP contribution < -0.4 is 5.32 Å². The zero-order valence-corrected chi connectivity index (χ0v) is 11.4. The highest BCUT2D eigenvalue weighted by atomic mass is 19.1. The van der Waals surface area contributed by atoms with Gasteiger partial charge in [-0.25, -0.2) is 4.39 Å². The van der Waals surface area contributed by atoms with Crippen LogP contribution in [0.3, 0.4) is 0 Å². The first-order chi connectivity index (χ1) is 8.66. The molecule has 0 aliphatic carbocycles. The standard InChI is InChI=1S/C15H23FN2/c1-12-10-14(16)6-5-13(12)11-18(2)15-4-3-8-17-9-7-15/h5-6,10,15,17H,3-4,7-9,11H2,1-2H3. The summed E-state index contributed by atoms with van der Waals surface area (Å²) in [5.74, 6) is -0.141. The summed E-state index contributed by atoms with van der Waals surface area (Å²) >= 11 is 0. The van der Waals surface area contributed by atoms with Crippen molar-refractivity contribution < 1.29 is 4.39 Å². The number of aryl methyl sites for hydroxylation is 1. The van der Waals surface area contributed by atoms with Gasteiger partial charge in [-0.2, -0.15) is 0 Å². The number of nitrogens with zero attached hydrogens (tertiary/aromatic N) is 1. The molecule has 1 aliphatic rings. The number of halogens is 1. The number of hydrogen-bond donors (Lipinski definition) is 1. The first kappa shape index (κ1) is 13.5. The Balaban J connectivity index is 1.98. The molecule has 1 N–H and O–H groups in total. The third kappa shape index (κ3) is 3.53. The summed E-state index contributed by atoms with van der Waals surface area (Å²) in [7, 11) is 2.18. The normalized spacial score (nSPS) is 21.0. The summed E-state index contributed by atoms with van der Waals surface area (Å²) in [6.45, 7) is 5.15. The highest BCUT2D eigenvalue weighted by molar-refractivity contribution is 5.26. The number of rotatable bonds is 3. The van der Waals surface area contributed by atoms with E-state index < -0.39 is 0 Å². The Morgan fingerprint density at radius 2 is 2.17 bits per heavy atom. The number of nitrogens with one attached hydrogen (secondary N) is 1. The minimum absolute atomic E-state index is 0.141. The van der Waals surface area contributed by atoms with E-state index in [-0.39, 0.29) is 5.82 Å². The highest BCUT2D eigenvalue weighted by Crippen LogP contribution is 2.17. The second kappa shape index (κ2) is 6.30. The van der Waals surface area contributed by atoms with Crippen molar-refractivity contribution in [1.29, 1.82) is 0 Å². The minimum atomic E-state index is -0.141. The maximum Gasteiger partial charge on any atom is 0.123 e. The van der Waals surface area contributed by atoms with E-state index in [9.17, 15) is 4.39 Å². The summed E-state index contributed by atoms with van der Waals surface area (Å²) in [5, 5.41) is 3.44. The van der Waals surface area contributed by atoms with Crippen LogP contribution >= 0.6 is 0 Å². The van der Waals surface area contributed by atoms with E-state index in [4.69, 9.17) is 0 Å². The molecule has 0 radical (unpaired) electrons. The molecule has 1 aromatic carbocycles. The molecule has 100 valence electrons. The van der Waals surface area contributed by atoms with Gasteiger partial charge in [0.1, 0.15) is 5.82 Å². The van der Waals surface area contributed by atoms with Gasteiger partial charge in [0.2, 0.25) is 0 Å². The molecule has 0 amide bonds. The molecule has 1 saturated heterocycles. The lowest BCUT2D eigenvalue weighted by atomic mass is 10.0. The van der Waals surface area contributed by atoms with Gasteiger partial charge in [0.05, 0.1) is 0 Å². The van der Waals surface area contributed by atoms with Gasteiger partial charge in [0, 0.05) is 12.6 Å². The Morgan fingerprint density at radius 3 is 2.94 bits per heavy atom. The van der Waals surface area contributed by atoms with Crippen LogP contribution in [0.1, 0.15) is 30.4 Å². The molecule has 18 heavy (non-hydrogen) atoms. The van der Waals surface area contributed by atoms with E-state index in [2.05, 4.69) is 17.3 Å². The smallest absolute Gasteiger partial charge is 0.123 e. The van der Waals surface area contributed by atoms with Crippen molar-refractivity contribution in [2.75, 3.05) is 20.1 Å². The van der Waals surface area contributed by atoms with Gasteiger partial charge >= 0.3 is 0 Å². The van der Waals surface area contributed by atoms with Crippen molar-refractivity contribution >= 4 is 0 Å². The molecule has 1 atom stereocenters. The van der Waals surface area contributed by atoms with Crippen LogP contribution in [0.15, 0.2) is 18.2 Å². The van der Waals surface area contributed by atoms with Crippen molar-refractivity contribution in [2.24, 2.45) is 0 Å². The molecular weight excluding hydrogens is 227 g/mol. The Labute approximate surface area is 109 Å². The summed E-state index contributed by atoms with van der Waals surface area (Å²) in [4.78, 5) is 2.41. The lowest BCUT2D eigenvalue weighted by molar-refractivity contribution is 0.216. The average Bonchev–Trinajstić information content (AvgIpc) is 2.61. The Bertz CT molecular complexity index is 384. The molecule has 0 saturated carbocycles. The van der Waals surface area contributed by atoms with Crippen LogP contribution in [0, 0.1) is 12.7 Å². The Hall–Kier alpha value is -0.930. The fraction of sp³-hybridized carbons (Fsp3) is 0.600.